The molecule has 0 unspecified atom stereocenters. The molecular weight excluding hydrogens is 334 g/mol. The van der Waals surface area contributed by atoms with E-state index in [-0.39, 0.29) is 5.91 Å². The lowest BCUT2D eigenvalue weighted by molar-refractivity contribution is 0.0790. The van der Waals surface area contributed by atoms with E-state index in [4.69, 9.17) is 5.73 Å². The fraction of sp³-hybridized carbons (Fsp3) is 0.421. The number of nitrogens with two attached hydrogens (primary N) is 1. The third-order valence-electron chi connectivity index (χ3n) is 4.64. The highest BCUT2D eigenvalue weighted by atomic mass is 32.1. The molecule has 2 amide bonds. The Labute approximate surface area is 151 Å². The Morgan fingerprint density at radius 2 is 2.20 bits per heavy atom. The second-order valence-corrected chi connectivity index (χ2v) is 7.74. The highest BCUT2D eigenvalue weighted by molar-refractivity contribution is 7.13. The van der Waals surface area contributed by atoms with Gasteiger partial charge in [0.1, 0.15) is 4.88 Å². The topological polar surface area (TPSA) is 76.3 Å². The summed E-state index contributed by atoms with van der Waals surface area (Å²) in [6.07, 6.45) is 2.61. The van der Waals surface area contributed by atoms with E-state index in [0.717, 1.165) is 53.5 Å². The summed E-state index contributed by atoms with van der Waals surface area (Å²) < 4.78 is 0. The second-order valence-electron chi connectivity index (χ2n) is 6.54. The number of benzene rings is 1. The SMILES string of the molecule is CCc1nc(C)sc1C(=O)N1CC[C@H](Cc2cccc(C(N)=O)c2)C1. The Bertz CT molecular complexity index is 800. The molecular formula is C19H23N3O2S. The van der Waals surface area contributed by atoms with Crippen LogP contribution in [0.25, 0.3) is 0 Å². The van der Waals surface area contributed by atoms with Gasteiger partial charge in [-0.2, -0.15) is 0 Å². The molecule has 3 rings (SSSR count). The van der Waals surface area contributed by atoms with Gasteiger partial charge in [-0.25, -0.2) is 4.98 Å². The molecule has 0 bridgehead atoms. The number of thiazole rings is 1. The number of likely N-dealkylation sites (tertiary alicyclic amines) is 1. The molecule has 1 saturated heterocycles. The van der Waals surface area contributed by atoms with Gasteiger partial charge in [0.15, 0.2) is 0 Å². The summed E-state index contributed by atoms with van der Waals surface area (Å²) in [6, 6.07) is 7.46. The van der Waals surface area contributed by atoms with E-state index in [1.807, 2.05) is 36.9 Å². The van der Waals surface area contributed by atoms with Gasteiger partial charge in [-0.1, -0.05) is 19.1 Å². The first-order chi connectivity index (χ1) is 12.0. The maximum Gasteiger partial charge on any atom is 0.265 e. The minimum Gasteiger partial charge on any atom is -0.366 e. The van der Waals surface area contributed by atoms with Gasteiger partial charge in [0.2, 0.25) is 5.91 Å². The predicted octanol–water partition coefficient (Wildman–Crippen LogP) is 2.82. The molecule has 2 N–H and O–H groups in total. The monoisotopic (exact) mass is 357 g/mol. The van der Waals surface area contributed by atoms with Gasteiger partial charge in [-0.3, -0.25) is 9.59 Å². The smallest absolute Gasteiger partial charge is 0.265 e. The van der Waals surface area contributed by atoms with Crippen molar-refractivity contribution >= 4 is 23.2 Å². The van der Waals surface area contributed by atoms with Crippen LogP contribution in [-0.4, -0.2) is 34.8 Å². The van der Waals surface area contributed by atoms with Crippen molar-refractivity contribution in [3.8, 4) is 0 Å². The molecule has 1 atom stereocenters. The summed E-state index contributed by atoms with van der Waals surface area (Å²) in [5.41, 5.74) is 7.89. The van der Waals surface area contributed by atoms with E-state index in [2.05, 4.69) is 4.98 Å². The van der Waals surface area contributed by atoms with Gasteiger partial charge in [-0.15, -0.1) is 11.3 Å². The number of aromatic nitrogens is 1. The highest BCUT2D eigenvalue weighted by Crippen LogP contribution is 2.26. The van der Waals surface area contributed by atoms with E-state index in [1.165, 1.54) is 11.3 Å². The number of aryl methyl sites for hydroxylation is 2. The number of primary amides is 1. The van der Waals surface area contributed by atoms with Gasteiger partial charge >= 0.3 is 0 Å². The van der Waals surface area contributed by atoms with Crippen LogP contribution in [0.3, 0.4) is 0 Å². The fourth-order valence-electron chi connectivity index (χ4n) is 3.39. The van der Waals surface area contributed by atoms with Crippen LogP contribution in [0.4, 0.5) is 0 Å². The van der Waals surface area contributed by atoms with Crippen molar-refractivity contribution in [3.05, 3.63) is 51.0 Å². The first-order valence-electron chi connectivity index (χ1n) is 8.62. The molecule has 1 fully saturated rings. The normalized spacial score (nSPS) is 17.0. The van der Waals surface area contributed by atoms with E-state index in [0.29, 0.717) is 11.5 Å². The van der Waals surface area contributed by atoms with Crippen molar-refractivity contribution in [1.29, 1.82) is 0 Å². The van der Waals surface area contributed by atoms with Crippen LogP contribution in [0, 0.1) is 12.8 Å². The molecule has 6 heteroatoms. The first-order valence-corrected chi connectivity index (χ1v) is 9.44. The van der Waals surface area contributed by atoms with Crippen molar-refractivity contribution in [2.24, 2.45) is 11.7 Å². The fourth-order valence-corrected chi connectivity index (χ4v) is 4.36. The summed E-state index contributed by atoms with van der Waals surface area (Å²) in [5, 5.41) is 0.944. The summed E-state index contributed by atoms with van der Waals surface area (Å²) in [4.78, 5) is 31.3. The number of carbonyl (C=O) groups excluding carboxylic acids is 2. The van der Waals surface area contributed by atoms with Crippen LogP contribution in [0.1, 0.15) is 49.6 Å². The van der Waals surface area contributed by atoms with Crippen molar-refractivity contribution < 1.29 is 9.59 Å². The third kappa shape index (κ3) is 3.90. The van der Waals surface area contributed by atoms with Crippen LogP contribution >= 0.6 is 11.3 Å². The van der Waals surface area contributed by atoms with E-state index in [9.17, 15) is 9.59 Å². The molecule has 1 aliphatic heterocycles. The molecule has 1 aromatic carbocycles. The number of hydrogen-bond acceptors (Lipinski definition) is 4. The number of amides is 2. The average molecular weight is 357 g/mol. The quantitative estimate of drug-likeness (QED) is 0.894. The summed E-state index contributed by atoms with van der Waals surface area (Å²) in [6.45, 7) is 5.50. The van der Waals surface area contributed by atoms with Crippen LogP contribution in [-0.2, 0) is 12.8 Å². The lowest BCUT2D eigenvalue weighted by atomic mass is 9.97. The number of hydrogen-bond donors (Lipinski definition) is 1. The molecule has 1 aromatic heterocycles. The largest absolute Gasteiger partial charge is 0.366 e. The van der Waals surface area contributed by atoms with Crippen molar-refractivity contribution in [2.75, 3.05) is 13.1 Å². The van der Waals surface area contributed by atoms with Crippen LogP contribution in [0.2, 0.25) is 0 Å². The Balaban J connectivity index is 1.66. The van der Waals surface area contributed by atoms with Crippen LogP contribution in [0.5, 0.6) is 0 Å². The number of nitrogens with zero attached hydrogens (tertiary/aromatic N) is 2. The molecule has 5 nitrogen and oxygen atoms in total. The van der Waals surface area contributed by atoms with Crippen molar-refractivity contribution in [3.63, 3.8) is 0 Å². The Morgan fingerprint density at radius 1 is 1.40 bits per heavy atom. The zero-order valence-electron chi connectivity index (χ0n) is 14.6. The zero-order valence-corrected chi connectivity index (χ0v) is 15.4. The molecule has 132 valence electrons. The van der Waals surface area contributed by atoms with Gasteiger partial charge in [-0.05, 0) is 49.8 Å². The summed E-state index contributed by atoms with van der Waals surface area (Å²) in [5.74, 6) is 0.111. The highest BCUT2D eigenvalue weighted by Gasteiger charge is 2.29. The Morgan fingerprint density at radius 3 is 2.92 bits per heavy atom. The third-order valence-corrected chi connectivity index (χ3v) is 5.64. The number of carbonyl (C=O) groups is 2. The standard InChI is InChI=1S/C19H23N3O2S/c1-3-16-17(25-12(2)21-16)19(24)22-8-7-14(11-22)9-13-5-4-6-15(10-13)18(20)23/h4-6,10,14H,3,7-9,11H2,1-2H3,(H2,20,23)/t14-/m1/s1. The zero-order chi connectivity index (χ0) is 18.0. The van der Waals surface area contributed by atoms with E-state index in [1.54, 1.807) is 6.07 Å². The summed E-state index contributed by atoms with van der Waals surface area (Å²) >= 11 is 1.49. The minimum atomic E-state index is -0.405. The van der Waals surface area contributed by atoms with Gasteiger partial charge in [0.25, 0.3) is 5.91 Å². The minimum absolute atomic E-state index is 0.107. The Kier molecular flexibility index (Phi) is 5.18. The van der Waals surface area contributed by atoms with Gasteiger partial charge in [0.05, 0.1) is 10.7 Å². The van der Waals surface area contributed by atoms with Gasteiger partial charge < -0.3 is 10.6 Å². The molecule has 2 heterocycles. The predicted molar refractivity (Wildman–Crippen MR) is 98.9 cm³/mol. The summed E-state index contributed by atoms with van der Waals surface area (Å²) in [7, 11) is 0. The molecule has 1 aliphatic rings. The molecule has 25 heavy (non-hydrogen) atoms. The van der Waals surface area contributed by atoms with Crippen molar-refractivity contribution in [1.82, 2.24) is 9.88 Å². The van der Waals surface area contributed by atoms with Crippen LogP contribution in [0.15, 0.2) is 24.3 Å². The first kappa shape index (κ1) is 17.6. The van der Waals surface area contributed by atoms with E-state index >= 15 is 0 Å². The van der Waals surface area contributed by atoms with E-state index < -0.39 is 5.91 Å². The van der Waals surface area contributed by atoms with Crippen LogP contribution < -0.4 is 5.73 Å². The molecule has 0 spiro atoms. The van der Waals surface area contributed by atoms with Gasteiger partial charge in [0, 0.05) is 18.7 Å². The van der Waals surface area contributed by atoms with Crippen molar-refractivity contribution in [2.45, 2.75) is 33.1 Å². The second kappa shape index (κ2) is 7.35. The maximum absolute atomic E-state index is 12.8. The Hall–Kier alpha value is -2.21. The molecule has 0 aliphatic carbocycles. The maximum atomic E-state index is 12.8. The molecule has 0 saturated carbocycles. The average Bonchev–Trinajstić information content (AvgIpc) is 3.20. The lowest BCUT2D eigenvalue weighted by Gasteiger charge is -2.16. The number of rotatable bonds is 5. The lowest BCUT2D eigenvalue weighted by Crippen LogP contribution is -2.29. The molecule has 0 radical (unpaired) electrons. The molecule has 2 aromatic rings.